The molecule has 0 radical (unpaired) electrons. The van der Waals surface area contributed by atoms with Gasteiger partial charge < -0.3 is 0 Å². The van der Waals surface area contributed by atoms with Crippen molar-refractivity contribution in [1.29, 1.82) is 0 Å². The Hall–Kier alpha value is -7.02. The number of hydrogen-bond donors (Lipinski definition) is 0. The highest BCUT2D eigenvalue weighted by Gasteiger charge is 2.52. The van der Waals surface area contributed by atoms with Crippen molar-refractivity contribution in [1.82, 2.24) is 0 Å². The number of rotatable bonds is 3. The molecule has 0 heterocycles. The topological polar surface area (TPSA) is 0 Å². The van der Waals surface area contributed by atoms with Crippen LogP contribution in [0.2, 0.25) is 0 Å². The molecule has 0 aliphatic heterocycles. The van der Waals surface area contributed by atoms with Crippen LogP contribution in [0, 0.1) is 0 Å². The third kappa shape index (κ3) is 4.23. The van der Waals surface area contributed by atoms with Crippen molar-refractivity contribution in [2.45, 2.75) is 5.41 Å². The van der Waals surface area contributed by atoms with Crippen LogP contribution in [0.5, 0.6) is 0 Å². The van der Waals surface area contributed by atoms with Gasteiger partial charge in [0, 0.05) is 0 Å². The van der Waals surface area contributed by atoms with E-state index in [1.54, 1.807) is 0 Å². The van der Waals surface area contributed by atoms with E-state index in [-0.39, 0.29) is 5.41 Å². The standard InChI is InChI=1S/C55H34/c1-3-17-42-35(13-1)15-11-22-44(42)40-32-39(33-41(34-40)45-23-12-16-36-14-2-4-18-43(36)45)37-27-29-46-38(31-37)28-30-50-49-21-7-10-26-53(49)55(54(46)50)51-24-8-5-19-47(51)48-20-6-9-25-52(48)55/h1-34H. The van der Waals surface area contributed by atoms with Gasteiger partial charge in [0.25, 0.3) is 0 Å². The second kappa shape index (κ2) is 11.5. The summed E-state index contributed by atoms with van der Waals surface area (Å²) in [6.45, 7) is 0. The van der Waals surface area contributed by atoms with Gasteiger partial charge in [-0.25, -0.2) is 0 Å². The highest BCUT2D eigenvalue weighted by molar-refractivity contribution is 6.06. The molecule has 0 heteroatoms. The minimum absolute atomic E-state index is 0.379. The monoisotopic (exact) mass is 694 g/mol. The Morgan fingerprint density at radius 3 is 1.27 bits per heavy atom. The minimum Gasteiger partial charge on any atom is -0.0619 e. The lowest BCUT2D eigenvalue weighted by molar-refractivity contribution is 0.801. The number of fused-ring (bicyclic) bond motifs is 14. The molecule has 0 nitrogen and oxygen atoms in total. The summed E-state index contributed by atoms with van der Waals surface area (Å²) in [5.41, 5.74) is 17.8. The molecular formula is C55H34. The van der Waals surface area contributed by atoms with Crippen LogP contribution < -0.4 is 0 Å². The van der Waals surface area contributed by atoms with Gasteiger partial charge in [-0.15, -0.1) is 0 Å². The molecule has 55 heavy (non-hydrogen) atoms. The van der Waals surface area contributed by atoms with Crippen LogP contribution in [0.3, 0.4) is 0 Å². The lowest BCUT2D eigenvalue weighted by Crippen LogP contribution is -2.26. The van der Waals surface area contributed by atoms with Gasteiger partial charge in [-0.1, -0.05) is 182 Å². The zero-order valence-electron chi connectivity index (χ0n) is 30.1. The maximum atomic E-state index is 2.42. The van der Waals surface area contributed by atoms with Crippen molar-refractivity contribution in [2.24, 2.45) is 0 Å². The third-order valence-electron chi connectivity index (χ3n) is 12.4. The average Bonchev–Trinajstić information content (AvgIpc) is 3.73. The van der Waals surface area contributed by atoms with E-state index in [1.807, 2.05) is 0 Å². The van der Waals surface area contributed by atoms with Crippen LogP contribution >= 0.6 is 0 Å². The molecule has 0 saturated heterocycles. The van der Waals surface area contributed by atoms with Crippen molar-refractivity contribution in [3.8, 4) is 55.6 Å². The molecule has 10 aromatic rings. The summed E-state index contributed by atoms with van der Waals surface area (Å²) in [5, 5.41) is 7.60. The molecule has 2 aliphatic carbocycles. The molecule has 12 rings (SSSR count). The van der Waals surface area contributed by atoms with Crippen molar-refractivity contribution < 1.29 is 0 Å². The Morgan fingerprint density at radius 2 is 0.691 bits per heavy atom. The molecule has 254 valence electrons. The summed E-state index contributed by atoms with van der Waals surface area (Å²) < 4.78 is 0. The van der Waals surface area contributed by atoms with Gasteiger partial charge in [0.2, 0.25) is 0 Å². The second-order valence-corrected chi connectivity index (χ2v) is 15.2. The number of benzene rings is 10. The Kier molecular flexibility index (Phi) is 6.36. The molecule has 0 amide bonds. The van der Waals surface area contributed by atoms with Crippen molar-refractivity contribution in [3.63, 3.8) is 0 Å². The SMILES string of the molecule is c1ccc2c(c1)-c1ccccc1C21c2ccccc2-c2ccc3cc(-c4cc(-c5cccc6ccccc56)cc(-c5cccc6ccccc56)c4)ccc3c21. The smallest absolute Gasteiger partial charge is 0.0619 e. The molecular weight excluding hydrogens is 661 g/mol. The van der Waals surface area contributed by atoms with Crippen molar-refractivity contribution >= 4 is 32.3 Å². The van der Waals surface area contributed by atoms with Gasteiger partial charge in [0.1, 0.15) is 0 Å². The van der Waals surface area contributed by atoms with Crippen LogP contribution in [0.25, 0.3) is 88.0 Å². The summed E-state index contributed by atoms with van der Waals surface area (Å²) in [6, 6.07) is 77.1. The molecule has 10 aromatic carbocycles. The quantitative estimate of drug-likeness (QED) is 0.173. The van der Waals surface area contributed by atoms with E-state index in [0.717, 1.165) is 0 Å². The molecule has 0 atom stereocenters. The van der Waals surface area contributed by atoms with E-state index in [2.05, 4.69) is 206 Å². The Labute approximate surface area is 320 Å². The van der Waals surface area contributed by atoms with Crippen LogP contribution in [0.1, 0.15) is 22.3 Å². The second-order valence-electron chi connectivity index (χ2n) is 15.2. The fourth-order valence-electron chi connectivity index (χ4n) is 10.2. The fourth-order valence-corrected chi connectivity index (χ4v) is 10.2. The molecule has 1 spiro atoms. The fraction of sp³-hybridized carbons (Fsp3) is 0.0182. The first-order valence-electron chi connectivity index (χ1n) is 19.3. The number of hydrogen-bond acceptors (Lipinski definition) is 0. The molecule has 0 unspecified atom stereocenters. The molecule has 0 fully saturated rings. The zero-order valence-corrected chi connectivity index (χ0v) is 30.1. The summed E-state index contributed by atoms with van der Waals surface area (Å²) in [4.78, 5) is 0. The molecule has 2 aliphatic rings. The highest BCUT2D eigenvalue weighted by Crippen LogP contribution is 2.64. The lowest BCUT2D eigenvalue weighted by Gasteiger charge is -2.31. The van der Waals surface area contributed by atoms with Gasteiger partial charge >= 0.3 is 0 Å². The lowest BCUT2D eigenvalue weighted by atomic mass is 9.69. The van der Waals surface area contributed by atoms with Gasteiger partial charge in [0.15, 0.2) is 0 Å². The molecule has 0 N–H and O–H groups in total. The molecule has 0 bridgehead atoms. The summed E-state index contributed by atoms with van der Waals surface area (Å²) in [7, 11) is 0. The molecule has 0 aromatic heterocycles. The van der Waals surface area contributed by atoms with Crippen LogP contribution in [-0.4, -0.2) is 0 Å². The largest absolute Gasteiger partial charge is 0.0731 e. The summed E-state index contributed by atoms with van der Waals surface area (Å²) in [6.07, 6.45) is 0. The normalized spacial score (nSPS) is 13.2. The van der Waals surface area contributed by atoms with Crippen molar-refractivity contribution in [3.05, 3.63) is 229 Å². The first kappa shape index (κ1) is 30.4. The van der Waals surface area contributed by atoms with Gasteiger partial charge in [-0.2, -0.15) is 0 Å². The first-order valence-corrected chi connectivity index (χ1v) is 19.3. The van der Waals surface area contributed by atoms with Crippen LogP contribution in [0.4, 0.5) is 0 Å². The Balaban J connectivity index is 1.11. The van der Waals surface area contributed by atoms with Crippen LogP contribution in [-0.2, 0) is 5.41 Å². The van der Waals surface area contributed by atoms with E-state index in [9.17, 15) is 0 Å². The van der Waals surface area contributed by atoms with Crippen LogP contribution in [0.15, 0.2) is 206 Å². The Morgan fingerprint density at radius 1 is 0.236 bits per heavy atom. The summed E-state index contributed by atoms with van der Waals surface area (Å²) in [5.74, 6) is 0. The van der Waals surface area contributed by atoms with Gasteiger partial charge in [-0.05, 0) is 134 Å². The minimum atomic E-state index is -0.379. The predicted octanol–water partition coefficient (Wildman–Crippen LogP) is 14.5. The third-order valence-corrected chi connectivity index (χ3v) is 12.4. The zero-order chi connectivity index (χ0) is 36.1. The van der Waals surface area contributed by atoms with Gasteiger partial charge in [0.05, 0.1) is 5.41 Å². The maximum Gasteiger partial charge on any atom is 0.0731 e. The van der Waals surface area contributed by atoms with E-state index >= 15 is 0 Å². The first-order chi connectivity index (χ1) is 27.3. The van der Waals surface area contributed by atoms with E-state index < -0.39 is 0 Å². The predicted molar refractivity (Wildman–Crippen MR) is 232 cm³/mol. The van der Waals surface area contributed by atoms with E-state index in [1.165, 1.54) is 110 Å². The maximum absolute atomic E-state index is 2.42. The summed E-state index contributed by atoms with van der Waals surface area (Å²) >= 11 is 0. The van der Waals surface area contributed by atoms with Gasteiger partial charge in [-0.3, -0.25) is 0 Å². The highest BCUT2D eigenvalue weighted by atomic mass is 14.5. The average molecular weight is 695 g/mol. The molecule has 0 saturated carbocycles. The Bertz CT molecular complexity index is 3040. The van der Waals surface area contributed by atoms with E-state index in [4.69, 9.17) is 0 Å². The van der Waals surface area contributed by atoms with Crippen molar-refractivity contribution in [2.75, 3.05) is 0 Å². The van der Waals surface area contributed by atoms with E-state index in [0.29, 0.717) is 0 Å².